The van der Waals surface area contributed by atoms with E-state index in [0.29, 0.717) is 0 Å². The average Bonchev–Trinajstić information content (AvgIpc) is 2.85. The van der Waals surface area contributed by atoms with Crippen molar-refractivity contribution >= 4 is 17.3 Å². The van der Waals surface area contributed by atoms with Crippen molar-refractivity contribution in [3.05, 3.63) is 59.2 Å². The van der Waals surface area contributed by atoms with Gasteiger partial charge in [0.2, 0.25) is 0 Å². The molecule has 0 radical (unpaired) electrons. The molecule has 0 saturated carbocycles. The molecule has 0 aromatic heterocycles. The van der Waals surface area contributed by atoms with Gasteiger partial charge in [0.25, 0.3) is 5.91 Å². The van der Waals surface area contributed by atoms with Gasteiger partial charge < -0.3 is 20.0 Å². The maximum absolute atomic E-state index is 13.0. The first-order valence-corrected chi connectivity index (χ1v) is 12.4. The van der Waals surface area contributed by atoms with Crippen LogP contribution in [0.15, 0.2) is 42.5 Å². The van der Waals surface area contributed by atoms with E-state index in [1.807, 2.05) is 12.1 Å². The first-order valence-electron chi connectivity index (χ1n) is 12.4. The summed E-state index contributed by atoms with van der Waals surface area (Å²) in [6, 6.07) is 15.2. The lowest BCUT2D eigenvalue weighted by atomic mass is 9.86. The lowest BCUT2D eigenvalue weighted by Gasteiger charge is -2.37. The fourth-order valence-corrected chi connectivity index (χ4v) is 5.48. The summed E-state index contributed by atoms with van der Waals surface area (Å²) < 4.78 is 0. The zero-order chi connectivity index (χ0) is 21.9. The number of fused-ring (bicyclic) bond motifs is 1. The van der Waals surface area contributed by atoms with Crippen LogP contribution in [-0.4, -0.2) is 63.2 Å². The molecule has 1 atom stereocenters. The van der Waals surface area contributed by atoms with Gasteiger partial charge in [0.15, 0.2) is 0 Å². The number of piperidine rings is 1. The number of aryl methyl sites for hydroxylation is 1. The van der Waals surface area contributed by atoms with Crippen LogP contribution >= 0.6 is 0 Å². The summed E-state index contributed by atoms with van der Waals surface area (Å²) in [6.07, 6.45) is 6.84. The van der Waals surface area contributed by atoms with Gasteiger partial charge in [0, 0.05) is 62.2 Å². The minimum absolute atomic E-state index is 0.0562. The molecule has 170 valence electrons. The van der Waals surface area contributed by atoms with Crippen molar-refractivity contribution in [1.82, 2.24) is 10.2 Å². The number of hydrogen-bond donors (Lipinski definition) is 1. The lowest BCUT2D eigenvalue weighted by molar-refractivity contribution is 0.0933. The highest BCUT2D eigenvalue weighted by atomic mass is 16.1. The summed E-state index contributed by atoms with van der Waals surface area (Å²) in [4.78, 5) is 20.4. The number of anilines is 2. The van der Waals surface area contributed by atoms with Crippen LogP contribution in [0.2, 0.25) is 0 Å². The molecule has 2 heterocycles. The van der Waals surface area contributed by atoms with Crippen molar-refractivity contribution in [2.75, 3.05) is 56.1 Å². The van der Waals surface area contributed by atoms with Crippen molar-refractivity contribution in [1.29, 1.82) is 0 Å². The van der Waals surface area contributed by atoms with E-state index >= 15 is 0 Å². The molecule has 1 N–H and O–H groups in total. The molecule has 5 rings (SSSR count). The third kappa shape index (κ3) is 4.63. The van der Waals surface area contributed by atoms with Crippen LogP contribution in [0.4, 0.5) is 11.4 Å². The third-order valence-corrected chi connectivity index (χ3v) is 7.49. The quantitative estimate of drug-likeness (QED) is 0.799. The number of hydrogen-bond acceptors (Lipinski definition) is 4. The van der Waals surface area contributed by atoms with E-state index in [0.717, 1.165) is 64.1 Å². The highest BCUT2D eigenvalue weighted by molar-refractivity contribution is 5.94. The fourth-order valence-electron chi connectivity index (χ4n) is 5.48. The topological polar surface area (TPSA) is 38.8 Å². The Morgan fingerprint density at radius 1 is 0.875 bits per heavy atom. The van der Waals surface area contributed by atoms with E-state index < -0.39 is 0 Å². The van der Waals surface area contributed by atoms with E-state index in [1.54, 1.807) is 0 Å². The van der Waals surface area contributed by atoms with Gasteiger partial charge in [-0.15, -0.1) is 0 Å². The van der Waals surface area contributed by atoms with Crippen LogP contribution in [0.1, 0.15) is 47.2 Å². The average molecular weight is 433 g/mol. The molecular weight excluding hydrogens is 396 g/mol. The minimum atomic E-state index is 0.0562. The van der Waals surface area contributed by atoms with Crippen LogP contribution in [0.5, 0.6) is 0 Å². The van der Waals surface area contributed by atoms with Crippen LogP contribution in [0, 0.1) is 0 Å². The smallest absolute Gasteiger partial charge is 0.251 e. The van der Waals surface area contributed by atoms with Crippen molar-refractivity contribution in [2.45, 2.75) is 44.6 Å². The van der Waals surface area contributed by atoms with E-state index in [9.17, 15) is 4.79 Å². The van der Waals surface area contributed by atoms with Crippen molar-refractivity contribution in [3.63, 3.8) is 0 Å². The summed E-state index contributed by atoms with van der Waals surface area (Å²) in [7, 11) is 2.20. The summed E-state index contributed by atoms with van der Waals surface area (Å²) >= 11 is 0. The number of carbonyl (C=O) groups excluding carboxylic acids is 1. The van der Waals surface area contributed by atoms with Gasteiger partial charge in [0.1, 0.15) is 0 Å². The Hall–Kier alpha value is -2.53. The Labute approximate surface area is 192 Å². The van der Waals surface area contributed by atoms with Gasteiger partial charge in [0.05, 0.1) is 0 Å². The fraction of sp³-hybridized carbons (Fsp3) is 0.519. The Morgan fingerprint density at radius 3 is 2.38 bits per heavy atom. The number of amides is 1. The Kier molecular flexibility index (Phi) is 6.35. The molecule has 1 unspecified atom stereocenters. The maximum atomic E-state index is 13.0. The molecule has 0 bridgehead atoms. The Balaban J connectivity index is 1.24. The number of nitrogens with one attached hydrogen (secondary N) is 1. The monoisotopic (exact) mass is 432 g/mol. The van der Waals surface area contributed by atoms with Crippen molar-refractivity contribution in [2.24, 2.45) is 0 Å². The van der Waals surface area contributed by atoms with Gasteiger partial charge in [-0.2, -0.15) is 0 Å². The summed E-state index contributed by atoms with van der Waals surface area (Å²) in [5, 5.41) is 3.33. The van der Waals surface area contributed by atoms with Crippen molar-refractivity contribution in [3.8, 4) is 0 Å². The second-order valence-electron chi connectivity index (χ2n) is 9.71. The first kappa shape index (κ1) is 21.3. The number of piperazine rings is 1. The molecule has 2 aromatic rings. The summed E-state index contributed by atoms with van der Waals surface area (Å²) in [5.41, 5.74) is 6.28. The SMILES string of the molecule is CN1CCN(c2cccc3c2CC(NC(=O)c2ccc(N4CCCCC4)cc2)CC3)CC1. The zero-order valence-corrected chi connectivity index (χ0v) is 19.4. The molecule has 5 nitrogen and oxygen atoms in total. The predicted octanol–water partition coefficient (Wildman–Crippen LogP) is 3.72. The largest absolute Gasteiger partial charge is 0.372 e. The van der Waals surface area contributed by atoms with Crippen LogP contribution < -0.4 is 15.1 Å². The van der Waals surface area contributed by atoms with Crippen LogP contribution in [-0.2, 0) is 12.8 Å². The van der Waals surface area contributed by atoms with Gasteiger partial charge in [-0.25, -0.2) is 0 Å². The molecule has 32 heavy (non-hydrogen) atoms. The molecule has 3 aliphatic rings. The van der Waals surface area contributed by atoms with E-state index in [4.69, 9.17) is 0 Å². The summed E-state index contributed by atoms with van der Waals surface area (Å²) in [6.45, 7) is 6.63. The van der Waals surface area contributed by atoms with Gasteiger partial charge in [-0.1, -0.05) is 12.1 Å². The standard InChI is InChI=1S/C27H36N4O/c1-29-16-18-31(19-17-29)26-7-5-6-21-8-11-23(20-25(21)26)28-27(32)22-9-12-24(13-10-22)30-14-3-2-4-15-30/h5-7,9-10,12-13,23H,2-4,8,11,14-20H2,1H3,(H,28,32). The maximum Gasteiger partial charge on any atom is 0.251 e. The molecule has 2 aromatic carbocycles. The Bertz CT molecular complexity index is 927. The van der Waals surface area contributed by atoms with Gasteiger partial charge >= 0.3 is 0 Å². The Morgan fingerprint density at radius 2 is 1.62 bits per heavy atom. The van der Waals surface area contributed by atoms with Gasteiger partial charge in [-0.05, 0) is 87.0 Å². The molecule has 5 heteroatoms. The molecule has 0 spiro atoms. The molecule has 2 saturated heterocycles. The first-order chi connectivity index (χ1) is 15.7. The predicted molar refractivity (Wildman–Crippen MR) is 132 cm³/mol. The lowest BCUT2D eigenvalue weighted by Crippen LogP contribution is -2.45. The molecule has 1 amide bonds. The molecule has 1 aliphatic carbocycles. The number of likely N-dealkylation sites (N-methyl/N-ethyl adjacent to an activating group) is 1. The number of benzene rings is 2. The van der Waals surface area contributed by atoms with E-state index in [2.05, 4.69) is 57.4 Å². The second kappa shape index (κ2) is 9.53. The van der Waals surface area contributed by atoms with E-state index in [1.165, 1.54) is 41.8 Å². The van der Waals surface area contributed by atoms with Crippen LogP contribution in [0.25, 0.3) is 0 Å². The number of rotatable bonds is 4. The van der Waals surface area contributed by atoms with Crippen molar-refractivity contribution < 1.29 is 4.79 Å². The molecular formula is C27H36N4O. The van der Waals surface area contributed by atoms with Crippen LogP contribution in [0.3, 0.4) is 0 Å². The highest BCUT2D eigenvalue weighted by Crippen LogP contribution is 2.31. The number of carbonyl (C=O) groups is 1. The minimum Gasteiger partial charge on any atom is -0.372 e. The molecule has 2 aliphatic heterocycles. The number of nitrogens with zero attached hydrogens (tertiary/aromatic N) is 3. The third-order valence-electron chi connectivity index (χ3n) is 7.49. The van der Waals surface area contributed by atoms with E-state index in [-0.39, 0.29) is 11.9 Å². The highest BCUT2D eigenvalue weighted by Gasteiger charge is 2.25. The van der Waals surface area contributed by atoms with Gasteiger partial charge in [-0.3, -0.25) is 4.79 Å². The summed E-state index contributed by atoms with van der Waals surface area (Å²) in [5.74, 6) is 0.0562. The normalized spacial score (nSPS) is 21.8. The zero-order valence-electron chi connectivity index (χ0n) is 19.4. The molecule has 2 fully saturated rings. The second-order valence-corrected chi connectivity index (χ2v) is 9.71.